The van der Waals surface area contributed by atoms with Crippen molar-refractivity contribution in [1.82, 2.24) is 0 Å². The van der Waals surface area contributed by atoms with E-state index in [1.54, 1.807) is 0 Å². The first kappa shape index (κ1) is 46.8. The van der Waals surface area contributed by atoms with Crippen LogP contribution in [0.1, 0.15) is 114 Å². The van der Waals surface area contributed by atoms with Crippen LogP contribution in [-0.2, 0) is 33.5 Å². The van der Waals surface area contributed by atoms with E-state index in [-0.39, 0.29) is 26.2 Å². The molecule has 0 saturated heterocycles. The van der Waals surface area contributed by atoms with Crippen LogP contribution in [0.15, 0.2) is 102 Å². The largest absolute Gasteiger partial charge is 0.472 e. The van der Waals surface area contributed by atoms with Crippen molar-refractivity contribution >= 4 is 29.7 Å². The van der Waals surface area contributed by atoms with Crippen LogP contribution in [-0.4, -0.2) is 69.0 Å². The normalized spacial score (nSPS) is 13.9. The second-order valence-corrected chi connectivity index (χ2v) is 17.7. The molecule has 1 N–H and O–H groups in total. The van der Waals surface area contributed by atoms with Gasteiger partial charge in [-0.2, -0.15) is 0 Å². The molecule has 304 valence electrons. The molecule has 0 aromatic heterocycles. The Bertz CT molecular complexity index is 1510. The summed E-state index contributed by atoms with van der Waals surface area (Å²) in [6.07, 6.45) is 19.1. The maximum atomic E-state index is 13.3. The molecule has 0 radical (unpaired) electrons. The molecule has 2 atom stereocenters. The molecule has 0 saturated carbocycles. The van der Waals surface area contributed by atoms with Crippen LogP contribution in [0.5, 0.6) is 0 Å². The second-order valence-electron chi connectivity index (χ2n) is 15.3. The van der Waals surface area contributed by atoms with E-state index in [4.69, 9.17) is 18.5 Å². The van der Waals surface area contributed by atoms with Crippen molar-refractivity contribution in [1.29, 1.82) is 0 Å². The van der Waals surface area contributed by atoms with Crippen LogP contribution in [0.2, 0.25) is 0 Å². The standard InChI is InChI=1S/C45H65BrNO7P/c1-5-6-7-8-9-10-11-12-13-14-15-16-17-18-25-30-44(48)54-43(38-53-55(49,50)52-36-35-47(2,3)4)37-51-45(39-26-21-19-22-27-39,40-28-23-20-24-29-40)41-31-33-42(46)34-32-41/h12-13,19-24,26-29,31-34,43H,5-11,14-18,25,30,35-38H2,1-4H3/p+1/t43-/m1/s1. The van der Waals surface area contributed by atoms with Gasteiger partial charge in [0.1, 0.15) is 24.9 Å². The first-order chi connectivity index (χ1) is 26.4. The van der Waals surface area contributed by atoms with Gasteiger partial charge in [-0.1, -0.05) is 159 Å². The number of halogens is 1. The number of benzene rings is 3. The summed E-state index contributed by atoms with van der Waals surface area (Å²) in [7, 11) is 1.45. The molecular formula is C45H66BrNO7P+. The molecule has 0 aliphatic heterocycles. The lowest BCUT2D eigenvalue weighted by Gasteiger charge is -2.37. The smallest absolute Gasteiger partial charge is 0.457 e. The summed E-state index contributed by atoms with van der Waals surface area (Å²) in [6, 6.07) is 27.7. The molecule has 0 fully saturated rings. The van der Waals surface area contributed by atoms with E-state index in [1.165, 1.54) is 44.9 Å². The molecule has 55 heavy (non-hydrogen) atoms. The number of carbonyl (C=O) groups is 1. The fourth-order valence-electron chi connectivity index (χ4n) is 6.34. The molecule has 10 heteroatoms. The molecular weight excluding hydrogens is 777 g/mol. The first-order valence-corrected chi connectivity index (χ1v) is 22.5. The molecule has 3 aromatic rings. The Kier molecular flexibility index (Phi) is 21.8. The Hall–Kier alpha value is -2.62. The lowest BCUT2D eigenvalue weighted by atomic mass is 9.80. The molecule has 3 rings (SSSR count). The average Bonchev–Trinajstić information content (AvgIpc) is 3.16. The summed E-state index contributed by atoms with van der Waals surface area (Å²) in [5, 5.41) is 0. The number of hydrogen-bond acceptors (Lipinski definition) is 6. The predicted molar refractivity (Wildman–Crippen MR) is 227 cm³/mol. The number of likely N-dealkylation sites (N-methyl/N-ethyl adjacent to an activating group) is 1. The lowest BCUT2D eigenvalue weighted by molar-refractivity contribution is -0.870. The third kappa shape index (κ3) is 18.5. The van der Waals surface area contributed by atoms with Crippen molar-refractivity contribution in [2.24, 2.45) is 0 Å². The number of phosphoric ester groups is 1. The molecule has 1 unspecified atom stereocenters. The first-order valence-electron chi connectivity index (χ1n) is 20.2. The highest BCUT2D eigenvalue weighted by molar-refractivity contribution is 9.10. The highest BCUT2D eigenvalue weighted by atomic mass is 79.9. The van der Waals surface area contributed by atoms with E-state index in [2.05, 4.69) is 35.0 Å². The zero-order valence-electron chi connectivity index (χ0n) is 33.7. The zero-order valence-corrected chi connectivity index (χ0v) is 36.2. The maximum Gasteiger partial charge on any atom is 0.472 e. The summed E-state index contributed by atoms with van der Waals surface area (Å²) in [6.45, 7) is 2.30. The summed E-state index contributed by atoms with van der Waals surface area (Å²) >= 11 is 3.56. The number of esters is 1. The van der Waals surface area contributed by atoms with Crippen LogP contribution in [0.25, 0.3) is 0 Å². The van der Waals surface area contributed by atoms with Gasteiger partial charge in [0.25, 0.3) is 0 Å². The van der Waals surface area contributed by atoms with Crippen molar-refractivity contribution in [2.75, 3.05) is 47.5 Å². The van der Waals surface area contributed by atoms with Crippen molar-refractivity contribution < 1.29 is 37.3 Å². The van der Waals surface area contributed by atoms with Gasteiger partial charge in [-0.25, -0.2) is 4.57 Å². The Balaban J connectivity index is 1.65. The highest BCUT2D eigenvalue weighted by Crippen LogP contribution is 2.44. The fraction of sp³-hybridized carbons (Fsp3) is 0.533. The van der Waals surface area contributed by atoms with Crippen molar-refractivity contribution in [2.45, 2.75) is 109 Å². The summed E-state index contributed by atoms with van der Waals surface area (Å²) in [4.78, 5) is 23.8. The number of carbonyl (C=O) groups excluding carboxylic acids is 1. The van der Waals surface area contributed by atoms with Gasteiger partial charge in [0.15, 0.2) is 0 Å². The third-order valence-electron chi connectivity index (χ3n) is 9.48. The van der Waals surface area contributed by atoms with E-state index in [9.17, 15) is 14.3 Å². The minimum atomic E-state index is -4.44. The van der Waals surface area contributed by atoms with Crippen molar-refractivity contribution in [3.8, 4) is 0 Å². The van der Waals surface area contributed by atoms with Gasteiger partial charge in [-0.15, -0.1) is 0 Å². The van der Waals surface area contributed by atoms with E-state index < -0.39 is 25.5 Å². The van der Waals surface area contributed by atoms with Gasteiger partial charge in [-0.3, -0.25) is 13.8 Å². The van der Waals surface area contributed by atoms with E-state index in [0.717, 1.165) is 53.3 Å². The quantitative estimate of drug-likeness (QED) is 0.0186. The van der Waals surface area contributed by atoms with E-state index in [0.29, 0.717) is 17.4 Å². The van der Waals surface area contributed by atoms with Crippen LogP contribution in [0, 0.1) is 0 Å². The molecule has 0 bridgehead atoms. The summed E-state index contributed by atoms with van der Waals surface area (Å²) in [5.41, 5.74) is 1.52. The minimum absolute atomic E-state index is 0.0302. The molecule has 0 aliphatic carbocycles. The lowest BCUT2D eigenvalue weighted by Crippen LogP contribution is -2.38. The topological polar surface area (TPSA) is 91.3 Å². The maximum absolute atomic E-state index is 13.3. The van der Waals surface area contributed by atoms with Gasteiger partial charge < -0.3 is 18.9 Å². The van der Waals surface area contributed by atoms with Gasteiger partial charge >= 0.3 is 13.8 Å². The number of nitrogens with zero attached hydrogens (tertiary/aromatic N) is 1. The van der Waals surface area contributed by atoms with Gasteiger partial charge in [0.05, 0.1) is 34.4 Å². The zero-order chi connectivity index (χ0) is 39.8. The predicted octanol–water partition coefficient (Wildman–Crippen LogP) is 11.5. The van der Waals surface area contributed by atoms with Crippen LogP contribution >= 0.6 is 23.8 Å². The Labute approximate surface area is 340 Å². The molecule has 0 amide bonds. The number of rotatable bonds is 29. The number of ether oxygens (including phenoxy) is 2. The average molecular weight is 844 g/mol. The Morgan fingerprint density at radius 3 is 1.78 bits per heavy atom. The van der Waals surface area contributed by atoms with Crippen LogP contribution < -0.4 is 0 Å². The van der Waals surface area contributed by atoms with Crippen LogP contribution in [0.4, 0.5) is 0 Å². The summed E-state index contributed by atoms with van der Waals surface area (Å²) < 4.78 is 38.0. The summed E-state index contributed by atoms with van der Waals surface area (Å²) in [5.74, 6) is -0.401. The van der Waals surface area contributed by atoms with Crippen molar-refractivity contribution in [3.05, 3.63) is 118 Å². The van der Waals surface area contributed by atoms with E-state index in [1.807, 2.05) is 106 Å². The minimum Gasteiger partial charge on any atom is -0.457 e. The van der Waals surface area contributed by atoms with E-state index >= 15 is 0 Å². The molecule has 0 aliphatic rings. The molecule has 3 aromatic carbocycles. The Morgan fingerprint density at radius 1 is 0.727 bits per heavy atom. The number of hydrogen-bond donors (Lipinski definition) is 1. The molecule has 0 heterocycles. The number of quaternary nitrogens is 1. The number of unbranched alkanes of at least 4 members (excludes halogenated alkanes) is 11. The van der Waals surface area contributed by atoms with Crippen molar-refractivity contribution in [3.63, 3.8) is 0 Å². The Morgan fingerprint density at radius 2 is 1.24 bits per heavy atom. The molecule has 0 spiro atoms. The van der Waals surface area contributed by atoms with Gasteiger partial charge in [0.2, 0.25) is 0 Å². The number of allylic oxidation sites excluding steroid dienone is 2. The van der Waals surface area contributed by atoms with Gasteiger partial charge in [0, 0.05) is 10.9 Å². The molecule has 8 nitrogen and oxygen atoms in total. The third-order valence-corrected chi connectivity index (χ3v) is 11.0. The second kappa shape index (κ2) is 25.6. The van der Waals surface area contributed by atoms with Crippen LogP contribution in [0.3, 0.4) is 0 Å². The van der Waals surface area contributed by atoms with Gasteiger partial charge in [-0.05, 0) is 60.9 Å². The highest BCUT2D eigenvalue weighted by Gasteiger charge is 2.39. The number of phosphoric acid groups is 1. The monoisotopic (exact) mass is 842 g/mol. The SMILES string of the molecule is CCCCCCCCC=CCCCCCCCC(=O)O[C@H](COC(c1ccccc1)(c1ccccc1)c1ccc(Br)cc1)COP(=O)(O)OCC[N+](C)(C)C. The fourth-order valence-corrected chi connectivity index (χ4v) is 7.35.